The summed E-state index contributed by atoms with van der Waals surface area (Å²) in [5.41, 5.74) is -1.90. The molecule has 20 heavy (non-hydrogen) atoms. The maximum absolute atomic E-state index is 10.9. The predicted octanol–water partition coefficient (Wildman–Crippen LogP) is 2.87. The van der Waals surface area contributed by atoms with E-state index < -0.39 is 31.8 Å². The highest BCUT2D eigenvalue weighted by molar-refractivity contribution is 8.02. The van der Waals surface area contributed by atoms with Gasteiger partial charge in [0.2, 0.25) is 0 Å². The monoisotopic (exact) mass is 319 g/mol. The molecule has 1 aromatic carbocycles. The van der Waals surface area contributed by atoms with Gasteiger partial charge in [-0.2, -0.15) is 11.8 Å². The smallest absolute Gasteiger partial charge is 0.258 e. The molecule has 0 N–H and O–H groups in total. The number of non-ortho nitro benzene ring substituents is 1. The quantitative estimate of drug-likeness (QED) is 0.324. The van der Waals surface area contributed by atoms with Crippen LogP contribution in [-0.4, -0.2) is 32.5 Å². The number of nitro groups is 3. The molecule has 0 amide bonds. The zero-order valence-electron chi connectivity index (χ0n) is 10.2. The fourth-order valence-electron chi connectivity index (χ4n) is 1.34. The second-order valence-corrected chi connectivity index (χ2v) is 5.52. The van der Waals surface area contributed by atoms with Crippen LogP contribution in [0.5, 0.6) is 0 Å². The number of benzene rings is 1. The maximum atomic E-state index is 10.9. The Bertz CT molecular complexity index is 530. The lowest BCUT2D eigenvalue weighted by atomic mass is 10.2. The van der Waals surface area contributed by atoms with Crippen molar-refractivity contribution in [3.63, 3.8) is 0 Å². The molecule has 11 heteroatoms. The molecular weight excluding hydrogens is 310 g/mol. The van der Waals surface area contributed by atoms with Gasteiger partial charge in [0.1, 0.15) is 0 Å². The van der Waals surface area contributed by atoms with E-state index in [-0.39, 0.29) is 4.90 Å². The SMILES string of the molecule is CSCCSc1c([N+](=O)[O-])cc([N+](=O)[O-])cc1[N+](=O)[O-]. The fraction of sp³-hybridized carbons (Fsp3) is 0.333. The van der Waals surface area contributed by atoms with E-state index in [2.05, 4.69) is 0 Å². The summed E-state index contributed by atoms with van der Waals surface area (Å²) >= 11 is 2.44. The van der Waals surface area contributed by atoms with Crippen molar-refractivity contribution in [3.05, 3.63) is 42.5 Å². The molecule has 108 valence electrons. The van der Waals surface area contributed by atoms with Crippen LogP contribution in [0.2, 0.25) is 0 Å². The lowest BCUT2D eigenvalue weighted by Gasteiger charge is -2.03. The van der Waals surface area contributed by atoms with Gasteiger partial charge in [-0.15, -0.1) is 11.8 Å². The van der Waals surface area contributed by atoms with Crippen molar-refractivity contribution in [2.75, 3.05) is 17.8 Å². The second-order valence-electron chi connectivity index (χ2n) is 3.43. The van der Waals surface area contributed by atoms with Crippen LogP contribution in [0.15, 0.2) is 17.0 Å². The molecule has 0 saturated carbocycles. The van der Waals surface area contributed by atoms with Crippen molar-refractivity contribution < 1.29 is 14.8 Å². The van der Waals surface area contributed by atoms with Gasteiger partial charge in [0.25, 0.3) is 17.1 Å². The highest BCUT2D eigenvalue weighted by atomic mass is 32.2. The average molecular weight is 319 g/mol. The first-order valence-corrected chi connectivity index (χ1v) is 7.49. The van der Waals surface area contributed by atoms with Crippen LogP contribution in [0, 0.1) is 30.3 Å². The molecule has 1 aromatic rings. The molecule has 0 aliphatic heterocycles. The van der Waals surface area contributed by atoms with Crippen LogP contribution in [0.1, 0.15) is 0 Å². The Morgan fingerprint density at radius 3 is 1.80 bits per heavy atom. The summed E-state index contributed by atoms with van der Waals surface area (Å²) in [5, 5.41) is 32.6. The van der Waals surface area contributed by atoms with Crippen LogP contribution >= 0.6 is 23.5 Å². The topological polar surface area (TPSA) is 129 Å². The minimum absolute atomic E-state index is 0.153. The fourth-order valence-corrected chi connectivity index (χ4v) is 3.10. The summed E-state index contributed by atoms with van der Waals surface area (Å²) in [6, 6.07) is 1.49. The normalized spacial score (nSPS) is 10.2. The van der Waals surface area contributed by atoms with E-state index in [4.69, 9.17) is 0 Å². The Morgan fingerprint density at radius 2 is 1.45 bits per heavy atom. The van der Waals surface area contributed by atoms with Gasteiger partial charge in [-0.05, 0) is 6.26 Å². The molecule has 0 bridgehead atoms. The van der Waals surface area contributed by atoms with Crippen LogP contribution < -0.4 is 0 Å². The Kier molecular flexibility index (Phi) is 5.70. The van der Waals surface area contributed by atoms with Gasteiger partial charge < -0.3 is 0 Å². The van der Waals surface area contributed by atoms with E-state index in [0.29, 0.717) is 11.5 Å². The highest BCUT2D eigenvalue weighted by Gasteiger charge is 2.30. The summed E-state index contributed by atoms with van der Waals surface area (Å²) in [4.78, 5) is 29.8. The zero-order valence-corrected chi connectivity index (χ0v) is 11.8. The Labute approximate surface area is 121 Å². The second kappa shape index (κ2) is 7.05. The lowest BCUT2D eigenvalue weighted by Crippen LogP contribution is -2.00. The van der Waals surface area contributed by atoms with E-state index in [0.717, 1.165) is 23.9 Å². The first-order valence-electron chi connectivity index (χ1n) is 5.11. The molecule has 1 rings (SSSR count). The number of hydrogen-bond acceptors (Lipinski definition) is 8. The van der Waals surface area contributed by atoms with Crippen LogP contribution in [0.4, 0.5) is 17.1 Å². The van der Waals surface area contributed by atoms with Gasteiger partial charge >= 0.3 is 0 Å². The third-order valence-electron chi connectivity index (χ3n) is 2.17. The molecule has 0 atom stereocenters. The van der Waals surface area contributed by atoms with Gasteiger partial charge in [0.05, 0.1) is 26.9 Å². The van der Waals surface area contributed by atoms with Gasteiger partial charge in [-0.1, -0.05) is 0 Å². The van der Waals surface area contributed by atoms with Crippen LogP contribution in [-0.2, 0) is 0 Å². The molecule has 0 fully saturated rings. The first kappa shape index (κ1) is 16.2. The summed E-state index contributed by atoms with van der Waals surface area (Å²) in [6.07, 6.45) is 1.83. The summed E-state index contributed by atoms with van der Waals surface area (Å²) in [7, 11) is 0. The minimum Gasteiger partial charge on any atom is -0.258 e. The van der Waals surface area contributed by atoms with E-state index in [9.17, 15) is 30.3 Å². The van der Waals surface area contributed by atoms with Crippen molar-refractivity contribution in [2.45, 2.75) is 4.90 Å². The largest absolute Gasteiger partial charge is 0.296 e. The lowest BCUT2D eigenvalue weighted by molar-refractivity contribution is -0.407. The summed E-state index contributed by atoms with van der Waals surface area (Å²) < 4.78 is 0. The summed E-state index contributed by atoms with van der Waals surface area (Å²) in [6.45, 7) is 0. The predicted molar refractivity (Wildman–Crippen MR) is 75.5 cm³/mol. The molecule has 0 saturated heterocycles. The minimum atomic E-state index is -0.893. The van der Waals surface area contributed by atoms with Crippen molar-refractivity contribution in [2.24, 2.45) is 0 Å². The van der Waals surface area contributed by atoms with Crippen LogP contribution in [0.3, 0.4) is 0 Å². The molecule has 0 aromatic heterocycles. The van der Waals surface area contributed by atoms with Gasteiger partial charge in [-0.25, -0.2) is 0 Å². The van der Waals surface area contributed by atoms with Gasteiger partial charge in [0, 0.05) is 11.5 Å². The molecule has 9 nitrogen and oxygen atoms in total. The Hall–Kier alpha value is -1.88. The highest BCUT2D eigenvalue weighted by Crippen LogP contribution is 2.40. The molecule has 0 aliphatic carbocycles. The number of rotatable bonds is 7. The number of hydrogen-bond donors (Lipinski definition) is 0. The molecular formula is C9H9N3O6S2. The molecule has 0 spiro atoms. The Morgan fingerprint density at radius 1 is 0.950 bits per heavy atom. The number of thioether (sulfide) groups is 2. The van der Waals surface area contributed by atoms with E-state index in [1.807, 2.05) is 6.26 Å². The van der Waals surface area contributed by atoms with Gasteiger partial charge in [0.15, 0.2) is 4.90 Å². The average Bonchev–Trinajstić information content (AvgIpc) is 2.37. The maximum Gasteiger partial charge on any atom is 0.296 e. The van der Waals surface area contributed by atoms with Crippen molar-refractivity contribution in [1.82, 2.24) is 0 Å². The van der Waals surface area contributed by atoms with Crippen molar-refractivity contribution >= 4 is 40.6 Å². The van der Waals surface area contributed by atoms with E-state index in [1.165, 1.54) is 11.8 Å². The van der Waals surface area contributed by atoms with Gasteiger partial charge in [-0.3, -0.25) is 30.3 Å². The third kappa shape index (κ3) is 3.81. The van der Waals surface area contributed by atoms with E-state index >= 15 is 0 Å². The summed E-state index contributed by atoms with van der Waals surface area (Å²) in [5.74, 6) is 1.08. The van der Waals surface area contributed by atoms with E-state index in [1.54, 1.807) is 0 Å². The molecule has 0 heterocycles. The number of nitro benzene ring substituents is 3. The third-order valence-corrected chi connectivity index (χ3v) is 4.16. The zero-order chi connectivity index (χ0) is 15.3. The molecule has 0 unspecified atom stereocenters. The number of nitrogens with zero attached hydrogens (tertiary/aromatic N) is 3. The first-order chi connectivity index (χ1) is 9.38. The Balaban J connectivity index is 3.39. The van der Waals surface area contributed by atoms with Crippen molar-refractivity contribution in [3.8, 4) is 0 Å². The molecule has 0 radical (unpaired) electrons. The molecule has 0 aliphatic rings. The standard InChI is InChI=1S/C9H9N3O6S2/c1-19-2-3-20-9-7(11(15)16)4-6(10(13)14)5-8(9)12(17)18/h4-5H,2-3H2,1H3. The van der Waals surface area contributed by atoms with Crippen molar-refractivity contribution in [1.29, 1.82) is 0 Å². The van der Waals surface area contributed by atoms with Crippen LogP contribution in [0.25, 0.3) is 0 Å².